The van der Waals surface area contributed by atoms with E-state index in [-0.39, 0.29) is 24.1 Å². The van der Waals surface area contributed by atoms with Crippen LogP contribution in [-0.4, -0.2) is 21.1 Å². The van der Waals surface area contributed by atoms with E-state index in [1.165, 1.54) is 4.88 Å². The van der Waals surface area contributed by atoms with Gasteiger partial charge in [0.1, 0.15) is 0 Å². The predicted molar refractivity (Wildman–Crippen MR) is 81.0 cm³/mol. The fourth-order valence-electron chi connectivity index (χ4n) is 1.72. The Morgan fingerprint density at radius 1 is 1.35 bits per heavy atom. The third-order valence-corrected chi connectivity index (χ3v) is 3.56. The van der Waals surface area contributed by atoms with E-state index >= 15 is 0 Å². The highest BCUT2D eigenvalue weighted by Crippen LogP contribution is 2.25. The van der Waals surface area contributed by atoms with Gasteiger partial charge in [0.05, 0.1) is 12.1 Å². The van der Waals surface area contributed by atoms with Crippen molar-refractivity contribution in [2.24, 2.45) is 0 Å². The summed E-state index contributed by atoms with van der Waals surface area (Å²) >= 11 is 1.70. The SMILES string of the molecule is CCC(Nc1nc(N)nc(OC(C)C)n1)c1cccs1. The van der Waals surface area contributed by atoms with Gasteiger partial charge in [0.15, 0.2) is 0 Å². The molecule has 0 amide bonds. The number of rotatable bonds is 6. The molecular formula is C13H19N5OS. The molecule has 0 aromatic carbocycles. The van der Waals surface area contributed by atoms with Crippen molar-refractivity contribution in [2.45, 2.75) is 39.3 Å². The largest absolute Gasteiger partial charge is 0.461 e. The second kappa shape index (κ2) is 6.51. The highest BCUT2D eigenvalue weighted by molar-refractivity contribution is 7.10. The Bertz CT molecular complexity index is 544. The van der Waals surface area contributed by atoms with Gasteiger partial charge in [-0.15, -0.1) is 11.3 Å². The van der Waals surface area contributed by atoms with Gasteiger partial charge >= 0.3 is 6.01 Å². The molecule has 20 heavy (non-hydrogen) atoms. The predicted octanol–water partition coefficient (Wildman–Crippen LogP) is 2.87. The molecule has 1 atom stereocenters. The molecule has 3 N–H and O–H groups in total. The Morgan fingerprint density at radius 3 is 2.75 bits per heavy atom. The Labute approximate surface area is 122 Å². The van der Waals surface area contributed by atoms with Gasteiger partial charge in [-0.1, -0.05) is 13.0 Å². The molecule has 0 radical (unpaired) electrons. The lowest BCUT2D eigenvalue weighted by Crippen LogP contribution is -2.15. The highest BCUT2D eigenvalue weighted by Gasteiger charge is 2.14. The number of ether oxygens (including phenoxy) is 1. The van der Waals surface area contributed by atoms with Crippen molar-refractivity contribution >= 4 is 23.2 Å². The minimum atomic E-state index is -0.0103. The number of aromatic nitrogens is 3. The fraction of sp³-hybridized carbons (Fsp3) is 0.462. The van der Waals surface area contributed by atoms with Crippen LogP contribution in [0.5, 0.6) is 6.01 Å². The summed E-state index contributed by atoms with van der Waals surface area (Å²) < 4.78 is 5.46. The lowest BCUT2D eigenvalue weighted by molar-refractivity contribution is 0.222. The molecular weight excluding hydrogens is 274 g/mol. The van der Waals surface area contributed by atoms with Crippen LogP contribution in [0.1, 0.15) is 38.1 Å². The van der Waals surface area contributed by atoms with Crippen molar-refractivity contribution in [3.05, 3.63) is 22.4 Å². The number of nitrogen functional groups attached to an aromatic ring is 1. The van der Waals surface area contributed by atoms with Gasteiger partial charge in [0.2, 0.25) is 11.9 Å². The topological polar surface area (TPSA) is 86.0 Å². The minimum absolute atomic E-state index is 0.0103. The number of nitrogens with zero attached hydrogens (tertiary/aromatic N) is 3. The van der Waals surface area contributed by atoms with E-state index in [1.807, 2.05) is 19.9 Å². The van der Waals surface area contributed by atoms with Crippen molar-refractivity contribution in [1.29, 1.82) is 0 Å². The Hall–Kier alpha value is -1.89. The van der Waals surface area contributed by atoms with Crippen molar-refractivity contribution in [1.82, 2.24) is 15.0 Å². The van der Waals surface area contributed by atoms with Crippen molar-refractivity contribution in [3.8, 4) is 6.01 Å². The molecule has 108 valence electrons. The average molecular weight is 293 g/mol. The number of anilines is 2. The van der Waals surface area contributed by atoms with Crippen LogP contribution in [0.15, 0.2) is 17.5 Å². The number of thiophene rings is 1. The first-order valence-electron chi connectivity index (χ1n) is 6.56. The maximum Gasteiger partial charge on any atom is 0.323 e. The molecule has 0 spiro atoms. The van der Waals surface area contributed by atoms with E-state index in [0.717, 1.165) is 6.42 Å². The molecule has 0 saturated heterocycles. The first-order valence-corrected chi connectivity index (χ1v) is 7.44. The van der Waals surface area contributed by atoms with Crippen LogP contribution < -0.4 is 15.8 Å². The number of hydrogen-bond donors (Lipinski definition) is 2. The molecule has 0 bridgehead atoms. The standard InChI is InChI=1S/C13H19N5OS/c1-4-9(10-6-5-7-20-10)15-12-16-11(14)17-13(18-12)19-8(2)3/h5-9H,4H2,1-3H3,(H3,14,15,16,17,18). The summed E-state index contributed by atoms with van der Waals surface area (Å²) in [5.74, 6) is 0.590. The molecule has 0 aliphatic rings. The molecule has 2 aromatic heterocycles. The third-order valence-electron chi connectivity index (χ3n) is 2.57. The van der Waals surface area contributed by atoms with Gasteiger partial charge in [-0.05, 0) is 31.7 Å². The fourth-order valence-corrected chi connectivity index (χ4v) is 2.58. The van der Waals surface area contributed by atoms with E-state index in [9.17, 15) is 0 Å². The van der Waals surface area contributed by atoms with Gasteiger partial charge in [0.25, 0.3) is 0 Å². The highest BCUT2D eigenvalue weighted by atomic mass is 32.1. The van der Waals surface area contributed by atoms with Crippen LogP contribution in [-0.2, 0) is 0 Å². The molecule has 1 unspecified atom stereocenters. The lowest BCUT2D eigenvalue weighted by atomic mass is 10.2. The Kier molecular flexibility index (Phi) is 4.73. The monoisotopic (exact) mass is 293 g/mol. The van der Waals surface area contributed by atoms with Crippen molar-refractivity contribution < 1.29 is 4.74 Å². The van der Waals surface area contributed by atoms with Crippen molar-refractivity contribution in [2.75, 3.05) is 11.1 Å². The van der Waals surface area contributed by atoms with Crippen LogP contribution in [0.4, 0.5) is 11.9 Å². The smallest absolute Gasteiger partial charge is 0.323 e. The summed E-state index contributed by atoms with van der Waals surface area (Å²) in [6.07, 6.45) is 0.913. The van der Waals surface area contributed by atoms with E-state index in [0.29, 0.717) is 5.95 Å². The summed E-state index contributed by atoms with van der Waals surface area (Å²) in [6, 6.07) is 4.51. The number of hydrogen-bond acceptors (Lipinski definition) is 7. The van der Waals surface area contributed by atoms with Gasteiger partial charge in [0, 0.05) is 4.88 Å². The normalized spacial score (nSPS) is 12.4. The minimum Gasteiger partial charge on any atom is -0.461 e. The maximum atomic E-state index is 5.69. The van der Waals surface area contributed by atoms with E-state index < -0.39 is 0 Å². The number of nitrogens with one attached hydrogen (secondary N) is 1. The summed E-state index contributed by atoms with van der Waals surface area (Å²) in [7, 11) is 0. The summed E-state index contributed by atoms with van der Waals surface area (Å²) in [4.78, 5) is 13.5. The summed E-state index contributed by atoms with van der Waals surface area (Å²) in [6.45, 7) is 5.93. The maximum absolute atomic E-state index is 5.69. The van der Waals surface area contributed by atoms with Crippen LogP contribution in [0, 0.1) is 0 Å². The molecule has 2 rings (SSSR count). The van der Waals surface area contributed by atoms with Gasteiger partial charge in [-0.2, -0.15) is 15.0 Å². The summed E-state index contributed by atoms with van der Waals surface area (Å²) in [5.41, 5.74) is 5.69. The van der Waals surface area contributed by atoms with Gasteiger partial charge < -0.3 is 15.8 Å². The quantitative estimate of drug-likeness (QED) is 0.851. The lowest BCUT2D eigenvalue weighted by Gasteiger charge is -2.16. The van der Waals surface area contributed by atoms with E-state index in [2.05, 4.69) is 38.6 Å². The van der Waals surface area contributed by atoms with Crippen LogP contribution in [0.25, 0.3) is 0 Å². The zero-order chi connectivity index (χ0) is 14.5. The van der Waals surface area contributed by atoms with Crippen LogP contribution in [0.2, 0.25) is 0 Å². The molecule has 6 nitrogen and oxygen atoms in total. The van der Waals surface area contributed by atoms with E-state index in [4.69, 9.17) is 10.5 Å². The third kappa shape index (κ3) is 3.80. The molecule has 0 saturated carbocycles. The second-order valence-corrected chi connectivity index (χ2v) is 5.57. The van der Waals surface area contributed by atoms with Crippen molar-refractivity contribution in [3.63, 3.8) is 0 Å². The molecule has 0 aliphatic heterocycles. The second-order valence-electron chi connectivity index (χ2n) is 4.59. The van der Waals surface area contributed by atoms with Gasteiger partial charge in [-0.25, -0.2) is 0 Å². The zero-order valence-corrected chi connectivity index (χ0v) is 12.6. The first kappa shape index (κ1) is 14.5. The average Bonchev–Trinajstić information content (AvgIpc) is 2.88. The molecule has 2 heterocycles. The zero-order valence-electron chi connectivity index (χ0n) is 11.8. The first-order chi connectivity index (χ1) is 9.58. The summed E-state index contributed by atoms with van der Waals surface area (Å²) in [5, 5.41) is 5.32. The molecule has 0 aliphatic carbocycles. The molecule has 2 aromatic rings. The van der Waals surface area contributed by atoms with Crippen LogP contribution >= 0.6 is 11.3 Å². The Morgan fingerprint density at radius 2 is 2.15 bits per heavy atom. The Balaban J connectivity index is 2.17. The molecule has 0 fully saturated rings. The van der Waals surface area contributed by atoms with E-state index in [1.54, 1.807) is 11.3 Å². The van der Waals surface area contributed by atoms with Crippen LogP contribution in [0.3, 0.4) is 0 Å². The van der Waals surface area contributed by atoms with Gasteiger partial charge in [-0.3, -0.25) is 0 Å². The number of nitrogens with two attached hydrogens (primary N) is 1. The molecule has 7 heteroatoms.